The zero-order chi connectivity index (χ0) is 28.9. The minimum absolute atomic E-state index is 0.115. The molecule has 42 heavy (non-hydrogen) atoms. The number of nitrogens with zero attached hydrogens (tertiary/aromatic N) is 2. The van der Waals surface area contributed by atoms with Crippen LogP contribution in [0.25, 0.3) is 10.9 Å². The molecule has 6 rings (SSSR count). The average molecular weight is 583 g/mol. The zero-order valence-corrected chi connectivity index (χ0v) is 24.2. The maximum absolute atomic E-state index is 6.83. The van der Waals surface area contributed by atoms with Gasteiger partial charge in [-0.3, -0.25) is 0 Å². The molecule has 0 saturated carbocycles. The number of fused-ring (bicyclic) bond motifs is 1. The third-order valence-corrected chi connectivity index (χ3v) is 8.58. The van der Waals surface area contributed by atoms with Crippen molar-refractivity contribution in [1.29, 1.82) is 0 Å². The first-order chi connectivity index (χ1) is 20.5. The van der Waals surface area contributed by atoms with Gasteiger partial charge in [-0.25, -0.2) is 4.98 Å². The lowest BCUT2D eigenvalue weighted by Crippen LogP contribution is -2.47. The summed E-state index contributed by atoms with van der Waals surface area (Å²) >= 11 is 1.51. The fourth-order valence-electron chi connectivity index (χ4n) is 5.39. The molecule has 0 radical (unpaired) electrons. The molecule has 0 amide bonds. The Bertz CT molecular complexity index is 1600. The fraction of sp³-hybridized carbons (Fsp3) is 0.273. The van der Waals surface area contributed by atoms with E-state index in [0.29, 0.717) is 37.8 Å². The SMILES string of the molecule is C[C@@]1(OCc2ccccc2)[C@H](OCc2ccccc2)[C@@H](COCc2ccccc2)O[C@H]1c1scc2c(N)nc(N)nc12. The highest BCUT2D eigenvalue weighted by atomic mass is 32.1. The van der Waals surface area contributed by atoms with Crippen LogP contribution in [0, 0.1) is 0 Å². The normalized spacial score (nSPS) is 22.1. The van der Waals surface area contributed by atoms with Gasteiger partial charge in [-0.15, -0.1) is 11.3 Å². The summed E-state index contributed by atoms with van der Waals surface area (Å²) in [5.74, 6) is 0.453. The predicted molar refractivity (Wildman–Crippen MR) is 165 cm³/mol. The standard InChI is InChI=1S/C33H34N4O4S/c1-33(40-19-24-15-9-4-10-16-24)29(39-18-23-13-7-3-8-14-23)26(20-38-17-22-11-5-2-6-12-22)41-30(33)28-27-25(21-42-28)31(34)37-32(35)36-27/h2-16,21,26,29-30H,17-20H2,1H3,(H4,34,35,36,37)/t26-,29-,30+,33-/m1/s1. The molecule has 4 N–H and O–H groups in total. The fourth-order valence-corrected chi connectivity index (χ4v) is 6.55. The summed E-state index contributed by atoms with van der Waals surface area (Å²) in [6, 6.07) is 30.3. The third kappa shape index (κ3) is 6.01. The molecule has 1 aliphatic heterocycles. The largest absolute Gasteiger partial charge is 0.383 e. The van der Waals surface area contributed by atoms with Gasteiger partial charge in [0.2, 0.25) is 5.95 Å². The predicted octanol–water partition coefficient (Wildman–Crippen LogP) is 6.07. The molecule has 0 unspecified atom stereocenters. The van der Waals surface area contributed by atoms with Crippen LogP contribution in [0.4, 0.5) is 11.8 Å². The van der Waals surface area contributed by atoms with Gasteiger partial charge in [-0.1, -0.05) is 91.0 Å². The first-order valence-corrected chi connectivity index (χ1v) is 14.8. The number of ether oxygens (including phenoxy) is 4. The van der Waals surface area contributed by atoms with E-state index in [9.17, 15) is 0 Å². The number of hydrogen-bond acceptors (Lipinski definition) is 9. The second-order valence-corrected chi connectivity index (χ2v) is 11.5. The van der Waals surface area contributed by atoms with Crippen LogP contribution in [0.15, 0.2) is 96.4 Å². The Morgan fingerprint density at radius 3 is 2.05 bits per heavy atom. The summed E-state index contributed by atoms with van der Waals surface area (Å²) in [4.78, 5) is 9.57. The lowest BCUT2D eigenvalue weighted by Gasteiger charge is -2.35. The van der Waals surface area contributed by atoms with Crippen LogP contribution in [-0.2, 0) is 38.8 Å². The first-order valence-electron chi connectivity index (χ1n) is 13.9. The molecular formula is C33H34N4O4S. The second kappa shape index (κ2) is 12.6. The molecule has 1 fully saturated rings. The van der Waals surface area contributed by atoms with Gasteiger partial charge in [-0.2, -0.15) is 4.98 Å². The van der Waals surface area contributed by atoms with E-state index in [0.717, 1.165) is 27.0 Å². The molecule has 0 spiro atoms. The Morgan fingerprint density at radius 1 is 0.810 bits per heavy atom. The van der Waals surface area contributed by atoms with Gasteiger partial charge in [0.05, 0.1) is 42.2 Å². The number of nitrogens with two attached hydrogens (primary N) is 2. The van der Waals surface area contributed by atoms with Crippen LogP contribution < -0.4 is 11.5 Å². The highest BCUT2D eigenvalue weighted by Crippen LogP contribution is 2.50. The van der Waals surface area contributed by atoms with Crippen molar-refractivity contribution in [3.63, 3.8) is 0 Å². The number of aromatic nitrogens is 2. The van der Waals surface area contributed by atoms with Crippen LogP contribution >= 0.6 is 11.3 Å². The van der Waals surface area contributed by atoms with Gasteiger partial charge in [0.1, 0.15) is 29.7 Å². The molecule has 3 heterocycles. The molecule has 1 saturated heterocycles. The van der Waals surface area contributed by atoms with E-state index < -0.39 is 23.9 Å². The van der Waals surface area contributed by atoms with Crippen molar-refractivity contribution in [2.24, 2.45) is 0 Å². The Kier molecular flexibility index (Phi) is 8.46. The molecule has 5 aromatic rings. The molecular weight excluding hydrogens is 548 g/mol. The van der Waals surface area contributed by atoms with Crippen molar-refractivity contribution in [1.82, 2.24) is 9.97 Å². The summed E-state index contributed by atoms with van der Waals surface area (Å²) in [7, 11) is 0. The van der Waals surface area contributed by atoms with E-state index in [1.807, 2.05) is 103 Å². The van der Waals surface area contributed by atoms with Gasteiger partial charge in [-0.05, 0) is 23.6 Å². The number of hydrogen-bond donors (Lipinski definition) is 2. The highest BCUT2D eigenvalue weighted by molar-refractivity contribution is 7.11. The van der Waals surface area contributed by atoms with Gasteiger partial charge in [0, 0.05) is 5.38 Å². The molecule has 8 nitrogen and oxygen atoms in total. The summed E-state index contributed by atoms with van der Waals surface area (Å²) in [6.45, 7) is 3.60. The van der Waals surface area contributed by atoms with E-state index in [4.69, 9.17) is 30.4 Å². The van der Waals surface area contributed by atoms with Gasteiger partial charge in [0.15, 0.2) is 0 Å². The summed E-state index contributed by atoms with van der Waals surface area (Å²) < 4.78 is 26.5. The van der Waals surface area contributed by atoms with E-state index in [1.165, 1.54) is 11.3 Å². The van der Waals surface area contributed by atoms with Gasteiger partial charge >= 0.3 is 0 Å². The molecule has 2 aromatic heterocycles. The van der Waals surface area contributed by atoms with Gasteiger partial charge < -0.3 is 30.4 Å². The number of rotatable bonds is 11. The van der Waals surface area contributed by atoms with Crippen LogP contribution in [0.5, 0.6) is 0 Å². The minimum atomic E-state index is -0.905. The monoisotopic (exact) mass is 582 g/mol. The molecule has 3 aromatic carbocycles. The molecule has 0 aliphatic carbocycles. The molecule has 0 bridgehead atoms. The van der Waals surface area contributed by atoms with Crippen molar-refractivity contribution in [2.45, 2.75) is 50.7 Å². The minimum Gasteiger partial charge on any atom is -0.383 e. The van der Waals surface area contributed by atoms with Crippen molar-refractivity contribution in [2.75, 3.05) is 18.1 Å². The number of nitrogen functional groups attached to an aromatic ring is 2. The number of benzene rings is 3. The van der Waals surface area contributed by atoms with Crippen LogP contribution in [0.1, 0.15) is 34.6 Å². The van der Waals surface area contributed by atoms with Crippen LogP contribution in [0.2, 0.25) is 0 Å². The topological polar surface area (TPSA) is 115 Å². The maximum Gasteiger partial charge on any atom is 0.222 e. The maximum atomic E-state index is 6.83. The highest BCUT2D eigenvalue weighted by Gasteiger charge is 2.57. The Morgan fingerprint density at radius 2 is 1.40 bits per heavy atom. The van der Waals surface area contributed by atoms with Crippen LogP contribution in [0.3, 0.4) is 0 Å². The lowest BCUT2D eigenvalue weighted by molar-refractivity contribution is -0.147. The van der Waals surface area contributed by atoms with E-state index in [2.05, 4.69) is 9.97 Å². The van der Waals surface area contributed by atoms with Gasteiger partial charge in [0.25, 0.3) is 0 Å². The molecule has 4 atom stereocenters. The smallest absolute Gasteiger partial charge is 0.222 e. The van der Waals surface area contributed by atoms with E-state index in [-0.39, 0.29) is 5.95 Å². The van der Waals surface area contributed by atoms with Crippen molar-refractivity contribution < 1.29 is 18.9 Å². The first kappa shape index (κ1) is 28.3. The quantitative estimate of drug-likeness (QED) is 0.193. The molecule has 9 heteroatoms. The zero-order valence-electron chi connectivity index (χ0n) is 23.4. The molecule has 1 aliphatic rings. The van der Waals surface area contributed by atoms with E-state index >= 15 is 0 Å². The second-order valence-electron chi connectivity index (χ2n) is 10.6. The van der Waals surface area contributed by atoms with Crippen molar-refractivity contribution in [3.05, 3.63) is 118 Å². The summed E-state index contributed by atoms with van der Waals surface area (Å²) in [5, 5.41) is 2.68. The van der Waals surface area contributed by atoms with Crippen molar-refractivity contribution >= 4 is 34.0 Å². The number of anilines is 2. The summed E-state index contributed by atoms with van der Waals surface area (Å²) in [5.41, 5.74) is 15.2. The number of thiophene rings is 1. The van der Waals surface area contributed by atoms with Crippen LogP contribution in [-0.4, -0.2) is 34.4 Å². The molecule has 216 valence electrons. The van der Waals surface area contributed by atoms with Crippen molar-refractivity contribution in [3.8, 4) is 0 Å². The lowest BCUT2D eigenvalue weighted by atomic mass is 9.90. The summed E-state index contributed by atoms with van der Waals surface area (Å²) in [6.07, 6.45) is -1.41. The van der Waals surface area contributed by atoms with E-state index in [1.54, 1.807) is 0 Å². The Labute approximate surface area is 249 Å². The Hall–Kier alpha value is -3.86. The Balaban J connectivity index is 1.35. The third-order valence-electron chi connectivity index (χ3n) is 7.56. The average Bonchev–Trinajstić information content (AvgIpc) is 3.55.